The molecule has 0 amide bonds. The van der Waals surface area contributed by atoms with Crippen LogP contribution in [0.25, 0.3) is 0 Å². The molecule has 1 N–H and O–H groups in total. The van der Waals surface area contributed by atoms with E-state index in [2.05, 4.69) is 54.0 Å². The van der Waals surface area contributed by atoms with Gasteiger partial charge in [0.25, 0.3) is 0 Å². The Kier molecular flexibility index (Phi) is 4.80. The van der Waals surface area contributed by atoms with Gasteiger partial charge in [0, 0.05) is 18.8 Å². The number of aromatic nitrogens is 2. The van der Waals surface area contributed by atoms with Gasteiger partial charge in [0.15, 0.2) is 0 Å². The molecule has 0 bridgehead atoms. The van der Waals surface area contributed by atoms with Gasteiger partial charge in [-0.2, -0.15) is 5.10 Å². The fraction of sp³-hybridized carbons (Fsp3) is 0.727. The van der Waals surface area contributed by atoms with Crippen LogP contribution < -0.4 is 5.32 Å². The number of hydrogen-bond donors (Lipinski definition) is 1. The summed E-state index contributed by atoms with van der Waals surface area (Å²) in [6.45, 7) is 9.74. The van der Waals surface area contributed by atoms with Crippen LogP contribution in [0.4, 0.5) is 0 Å². The molecule has 0 aliphatic heterocycles. The fourth-order valence-corrected chi connectivity index (χ4v) is 1.79. The lowest BCUT2D eigenvalue weighted by Crippen LogP contribution is -2.33. The van der Waals surface area contributed by atoms with Crippen molar-refractivity contribution in [1.29, 1.82) is 0 Å². The highest BCUT2D eigenvalue weighted by molar-refractivity contribution is 9.10. The molecule has 4 heteroatoms. The van der Waals surface area contributed by atoms with Crippen molar-refractivity contribution in [3.63, 3.8) is 0 Å². The van der Waals surface area contributed by atoms with Gasteiger partial charge in [-0.1, -0.05) is 27.7 Å². The summed E-state index contributed by atoms with van der Waals surface area (Å²) < 4.78 is 3.07. The maximum absolute atomic E-state index is 4.35. The normalized spacial score (nSPS) is 13.8. The maximum Gasteiger partial charge on any atom is 0.0666 e. The predicted molar refractivity (Wildman–Crippen MR) is 66.9 cm³/mol. The largest absolute Gasteiger partial charge is 0.312 e. The molecule has 0 radical (unpaired) electrons. The predicted octanol–water partition coefficient (Wildman–Crippen LogP) is 2.84. The monoisotopic (exact) mass is 273 g/mol. The summed E-state index contributed by atoms with van der Waals surface area (Å²) in [4.78, 5) is 0. The van der Waals surface area contributed by atoms with Crippen LogP contribution >= 0.6 is 15.9 Å². The van der Waals surface area contributed by atoms with Gasteiger partial charge in [-0.05, 0) is 21.8 Å². The van der Waals surface area contributed by atoms with E-state index in [0.29, 0.717) is 18.0 Å². The fourth-order valence-electron chi connectivity index (χ4n) is 1.49. The molecule has 1 rings (SSSR count). The second-order valence-electron chi connectivity index (χ2n) is 4.51. The Morgan fingerprint density at radius 2 is 2.07 bits per heavy atom. The molecule has 0 saturated heterocycles. The molecule has 0 spiro atoms. The first-order chi connectivity index (χ1) is 7.00. The summed E-state index contributed by atoms with van der Waals surface area (Å²) in [5.41, 5.74) is 0. The Balaban J connectivity index is 2.66. The third kappa shape index (κ3) is 3.95. The average Bonchev–Trinajstić information content (AvgIpc) is 2.51. The molecular formula is C11H20BrN3. The lowest BCUT2D eigenvalue weighted by atomic mass is 10.0. The van der Waals surface area contributed by atoms with Crippen LogP contribution in [0.1, 0.15) is 33.7 Å². The van der Waals surface area contributed by atoms with E-state index in [9.17, 15) is 0 Å². The molecule has 0 aromatic carbocycles. The minimum absolute atomic E-state index is 0.415. The standard InChI is InChI=1S/C11H20BrN3/c1-8(2)11(6-13-9(3)4)15-7-10(12)5-14-15/h5,7-9,11,13H,6H2,1-4H3. The van der Waals surface area contributed by atoms with Gasteiger partial charge in [-0.25, -0.2) is 0 Å². The van der Waals surface area contributed by atoms with Crippen molar-refractivity contribution >= 4 is 15.9 Å². The first-order valence-corrected chi connectivity index (χ1v) is 6.23. The van der Waals surface area contributed by atoms with Gasteiger partial charge < -0.3 is 5.32 Å². The quantitative estimate of drug-likeness (QED) is 0.894. The lowest BCUT2D eigenvalue weighted by Gasteiger charge is -2.23. The summed E-state index contributed by atoms with van der Waals surface area (Å²) in [5, 5.41) is 7.80. The highest BCUT2D eigenvalue weighted by Gasteiger charge is 2.16. The number of rotatable bonds is 5. The van der Waals surface area contributed by atoms with Crippen molar-refractivity contribution in [3.8, 4) is 0 Å². The van der Waals surface area contributed by atoms with Gasteiger partial charge in [-0.15, -0.1) is 0 Å². The van der Waals surface area contributed by atoms with Crippen LogP contribution in [-0.4, -0.2) is 22.4 Å². The summed E-state index contributed by atoms with van der Waals surface area (Å²) >= 11 is 3.43. The summed E-state index contributed by atoms with van der Waals surface area (Å²) in [6.07, 6.45) is 3.87. The molecule has 15 heavy (non-hydrogen) atoms. The third-order valence-corrected chi connectivity index (χ3v) is 2.82. The van der Waals surface area contributed by atoms with E-state index in [1.807, 2.05) is 17.1 Å². The van der Waals surface area contributed by atoms with Gasteiger partial charge in [-0.3, -0.25) is 4.68 Å². The maximum atomic E-state index is 4.35. The van der Waals surface area contributed by atoms with Crippen LogP contribution in [0, 0.1) is 5.92 Å². The summed E-state index contributed by atoms with van der Waals surface area (Å²) in [6, 6.07) is 0.934. The lowest BCUT2D eigenvalue weighted by molar-refractivity contribution is 0.321. The SMILES string of the molecule is CC(C)NCC(C(C)C)n1cc(Br)cn1. The van der Waals surface area contributed by atoms with Crippen molar-refractivity contribution in [2.45, 2.75) is 39.8 Å². The second-order valence-corrected chi connectivity index (χ2v) is 5.43. The second kappa shape index (κ2) is 5.66. The van der Waals surface area contributed by atoms with Crippen LogP contribution in [0.3, 0.4) is 0 Å². The Morgan fingerprint density at radius 3 is 2.47 bits per heavy atom. The zero-order chi connectivity index (χ0) is 11.4. The van der Waals surface area contributed by atoms with Gasteiger partial charge in [0.1, 0.15) is 0 Å². The number of nitrogens with zero attached hydrogens (tertiary/aromatic N) is 2. The Morgan fingerprint density at radius 1 is 1.40 bits per heavy atom. The molecule has 0 aliphatic rings. The molecule has 1 aromatic heterocycles. The number of halogens is 1. The zero-order valence-corrected chi connectivity index (χ0v) is 11.5. The van der Waals surface area contributed by atoms with Crippen LogP contribution in [0.15, 0.2) is 16.9 Å². The smallest absolute Gasteiger partial charge is 0.0666 e. The van der Waals surface area contributed by atoms with Crippen LogP contribution in [-0.2, 0) is 0 Å². The molecule has 0 saturated carbocycles. The Bertz CT molecular complexity index is 294. The third-order valence-electron chi connectivity index (χ3n) is 2.41. The highest BCUT2D eigenvalue weighted by atomic mass is 79.9. The molecule has 0 aliphatic carbocycles. The van der Waals surface area contributed by atoms with Gasteiger partial charge in [0.05, 0.1) is 16.7 Å². The average molecular weight is 274 g/mol. The van der Waals surface area contributed by atoms with E-state index in [1.54, 1.807) is 0 Å². The van der Waals surface area contributed by atoms with Crippen LogP contribution in [0.2, 0.25) is 0 Å². The molecule has 86 valence electrons. The molecule has 1 heterocycles. The van der Waals surface area contributed by atoms with E-state index in [-0.39, 0.29) is 0 Å². The number of hydrogen-bond acceptors (Lipinski definition) is 2. The first-order valence-electron chi connectivity index (χ1n) is 5.43. The van der Waals surface area contributed by atoms with Crippen molar-refractivity contribution in [3.05, 3.63) is 16.9 Å². The summed E-state index contributed by atoms with van der Waals surface area (Å²) in [5.74, 6) is 0.572. The van der Waals surface area contributed by atoms with E-state index in [0.717, 1.165) is 11.0 Å². The molecule has 1 aromatic rings. The minimum Gasteiger partial charge on any atom is -0.312 e. The van der Waals surface area contributed by atoms with Crippen molar-refractivity contribution < 1.29 is 0 Å². The summed E-state index contributed by atoms with van der Waals surface area (Å²) in [7, 11) is 0. The minimum atomic E-state index is 0.415. The Labute approximate surface area is 100 Å². The van der Waals surface area contributed by atoms with E-state index in [1.165, 1.54) is 0 Å². The topological polar surface area (TPSA) is 29.9 Å². The van der Waals surface area contributed by atoms with Crippen molar-refractivity contribution in [1.82, 2.24) is 15.1 Å². The van der Waals surface area contributed by atoms with E-state index < -0.39 is 0 Å². The van der Waals surface area contributed by atoms with Crippen molar-refractivity contribution in [2.24, 2.45) is 5.92 Å². The van der Waals surface area contributed by atoms with Crippen molar-refractivity contribution in [2.75, 3.05) is 6.54 Å². The molecule has 1 atom stereocenters. The van der Waals surface area contributed by atoms with E-state index >= 15 is 0 Å². The molecule has 3 nitrogen and oxygen atoms in total. The van der Waals surface area contributed by atoms with Crippen LogP contribution in [0.5, 0.6) is 0 Å². The van der Waals surface area contributed by atoms with Gasteiger partial charge in [0.2, 0.25) is 0 Å². The Hall–Kier alpha value is -0.350. The van der Waals surface area contributed by atoms with Gasteiger partial charge >= 0.3 is 0 Å². The molecule has 1 unspecified atom stereocenters. The number of nitrogens with one attached hydrogen (secondary N) is 1. The molecular weight excluding hydrogens is 254 g/mol. The molecule has 0 fully saturated rings. The van der Waals surface area contributed by atoms with E-state index in [4.69, 9.17) is 0 Å². The highest BCUT2D eigenvalue weighted by Crippen LogP contribution is 2.18. The first kappa shape index (κ1) is 12.7. The zero-order valence-electron chi connectivity index (χ0n) is 9.87.